The zero-order chi connectivity index (χ0) is 12.4. The summed E-state index contributed by atoms with van der Waals surface area (Å²) in [6.45, 7) is 1.39. The number of carbonyl (C=O) groups is 1. The fourth-order valence-corrected chi connectivity index (χ4v) is 1.89. The molecule has 1 aromatic rings. The Bertz CT molecular complexity index is 430. The molecular weight excluding hydrogens is 222 g/mol. The number of aromatic carboxylic acids is 1. The minimum absolute atomic E-state index is 0.0994. The topological polar surface area (TPSA) is 88.7 Å². The predicted molar refractivity (Wildman–Crippen MR) is 63.2 cm³/mol. The molecule has 1 aromatic heterocycles. The number of pyridine rings is 1. The maximum Gasteiger partial charge on any atom is 0.337 e. The second kappa shape index (κ2) is 4.58. The van der Waals surface area contributed by atoms with Crippen molar-refractivity contribution in [3.8, 4) is 0 Å². The summed E-state index contributed by atoms with van der Waals surface area (Å²) in [5.74, 6) is -0.423. The molecule has 1 fully saturated rings. The average molecular weight is 237 g/mol. The number of nitrogen functional groups attached to an aromatic ring is 1. The van der Waals surface area contributed by atoms with E-state index in [4.69, 9.17) is 15.6 Å². The number of aromatic nitrogens is 1. The monoisotopic (exact) mass is 237 g/mol. The van der Waals surface area contributed by atoms with E-state index in [9.17, 15) is 4.79 Å². The van der Waals surface area contributed by atoms with E-state index in [0.29, 0.717) is 18.1 Å². The molecular formula is C11H15N3O3. The Labute approximate surface area is 99.0 Å². The van der Waals surface area contributed by atoms with Crippen LogP contribution < -0.4 is 10.6 Å². The molecule has 0 radical (unpaired) electrons. The summed E-state index contributed by atoms with van der Waals surface area (Å²) in [6.07, 6.45) is 2.25. The minimum Gasteiger partial charge on any atom is -0.478 e. The Hall–Kier alpha value is -1.82. The van der Waals surface area contributed by atoms with Crippen LogP contribution in [0.5, 0.6) is 0 Å². The van der Waals surface area contributed by atoms with Gasteiger partial charge in [-0.1, -0.05) is 0 Å². The highest BCUT2D eigenvalue weighted by Crippen LogP contribution is 2.24. The highest BCUT2D eigenvalue weighted by molar-refractivity contribution is 5.89. The minimum atomic E-state index is -1.03. The zero-order valence-electron chi connectivity index (χ0n) is 9.59. The number of hydrogen-bond donors (Lipinski definition) is 2. The van der Waals surface area contributed by atoms with Crippen LogP contribution in [0.3, 0.4) is 0 Å². The summed E-state index contributed by atoms with van der Waals surface area (Å²) in [4.78, 5) is 16.8. The van der Waals surface area contributed by atoms with Crippen LogP contribution in [-0.2, 0) is 4.74 Å². The lowest BCUT2D eigenvalue weighted by molar-refractivity contribution is 0.0696. The first-order chi connectivity index (χ1) is 8.09. The number of carboxylic acids is 1. The molecule has 0 spiro atoms. The first-order valence-corrected chi connectivity index (χ1v) is 5.39. The summed E-state index contributed by atoms with van der Waals surface area (Å²) in [7, 11) is 1.89. The Morgan fingerprint density at radius 2 is 2.47 bits per heavy atom. The fraction of sp³-hybridized carbons (Fsp3) is 0.455. The van der Waals surface area contributed by atoms with Crippen LogP contribution in [0.4, 0.5) is 11.5 Å². The van der Waals surface area contributed by atoms with Crippen LogP contribution in [0.25, 0.3) is 0 Å². The van der Waals surface area contributed by atoms with E-state index in [0.717, 1.165) is 13.0 Å². The van der Waals surface area contributed by atoms with Crippen molar-refractivity contribution in [1.82, 2.24) is 4.98 Å². The molecule has 0 aromatic carbocycles. The average Bonchev–Trinajstić information content (AvgIpc) is 2.81. The maximum absolute atomic E-state index is 10.8. The Balaban J connectivity index is 2.23. The molecule has 92 valence electrons. The quantitative estimate of drug-likeness (QED) is 0.799. The van der Waals surface area contributed by atoms with Gasteiger partial charge < -0.3 is 20.5 Å². The Kier molecular flexibility index (Phi) is 3.14. The molecule has 1 aliphatic rings. The molecule has 6 heteroatoms. The predicted octanol–water partition coefficient (Wildman–Crippen LogP) is 0.587. The van der Waals surface area contributed by atoms with Gasteiger partial charge in [-0.05, 0) is 12.5 Å². The first-order valence-electron chi connectivity index (χ1n) is 5.39. The number of ether oxygens (including phenoxy) is 1. The molecule has 0 aliphatic carbocycles. The summed E-state index contributed by atoms with van der Waals surface area (Å²) < 4.78 is 5.30. The molecule has 17 heavy (non-hydrogen) atoms. The second-order valence-corrected chi connectivity index (χ2v) is 4.07. The van der Waals surface area contributed by atoms with E-state index in [1.165, 1.54) is 12.3 Å². The van der Waals surface area contributed by atoms with Gasteiger partial charge in [-0.2, -0.15) is 0 Å². The SMILES string of the molecule is CN(c1ncc(C(=O)O)cc1N)C1CCOC1. The third-order valence-electron chi connectivity index (χ3n) is 2.93. The van der Waals surface area contributed by atoms with E-state index in [1.807, 2.05) is 11.9 Å². The highest BCUT2D eigenvalue weighted by atomic mass is 16.5. The fourth-order valence-electron chi connectivity index (χ4n) is 1.89. The van der Waals surface area contributed by atoms with Crippen LogP contribution >= 0.6 is 0 Å². The summed E-state index contributed by atoms with van der Waals surface area (Å²) in [5.41, 5.74) is 6.29. The number of likely N-dealkylation sites (N-methyl/N-ethyl adjacent to an activating group) is 1. The zero-order valence-corrected chi connectivity index (χ0v) is 9.59. The number of hydrogen-bond acceptors (Lipinski definition) is 5. The molecule has 2 heterocycles. The smallest absolute Gasteiger partial charge is 0.337 e. The normalized spacial score (nSPS) is 19.2. The lowest BCUT2D eigenvalue weighted by atomic mass is 10.2. The summed E-state index contributed by atoms with van der Waals surface area (Å²) in [6, 6.07) is 1.68. The van der Waals surface area contributed by atoms with E-state index in [2.05, 4.69) is 4.98 Å². The number of anilines is 2. The molecule has 0 bridgehead atoms. The molecule has 1 saturated heterocycles. The molecule has 1 unspecified atom stereocenters. The number of nitrogens with two attached hydrogens (primary N) is 1. The molecule has 1 atom stereocenters. The van der Waals surface area contributed by atoms with Crippen molar-refractivity contribution < 1.29 is 14.6 Å². The number of rotatable bonds is 3. The van der Waals surface area contributed by atoms with Crippen LogP contribution in [0.1, 0.15) is 16.8 Å². The standard InChI is InChI=1S/C11H15N3O3/c1-14(8-2-3-17-6-8)10-9(12)4-7(5-13-10)11(15)16/h4-5,8H,2-3,6,12H2,1H3,(H,15,16). The first kappa shape index (κ1) is 11.7. The molecule has 1 aliphatic heterocycles. The molecule has 3 N–H and O–H groups in total. The Morgan fingerprint density at radius 3 is 3.00 bits per heavy atom. The van der Waals surface area contributed by atoms with Crippen molar-refractivity contribution in [2.75, 3.05) is 30.9 Å². The van der Waals surface area contributed by atoms with Gasteiger partial charge in [-0.3, -0.25) is 0 Å². The van der Waals surface area contributed by atoms with Gasteiger partial charge in [0.2, 0.25) is 0 Å². The van der Waals surface area contributed by atoms with Crippen molar-refractivity contribution in [2.24, 2.45) is 0 Å². The van der Waals surface area contributed by atoms with Gasteiger partial charge in [0.05, 0.1) is 23.9 Å². The highest BCUT2D eigenvalue weighted by Gasteiger charge is 2.23. The Morgan fingerprint density at radius 1 is 1.71 bits per heavy atom. The third-order valence-corrected chi connectivity index (χ3v) is 2.93. The van der Waals surface area contributed by atoms with Crippen LogP contribution in [0, 0.1) is 0 Å². The van der Waals surface area contributed by atoms with E-state index in [1.54, 1.807) is 0 Å². The lowest BCUT2D eigenvalue weighted by Gasteiger charge is -2.25. The second-order valence-electron chi connectivity index (χ2n) is 4.07. The molecule has 2 rings (SSSR count). The van der Waals surface area contributed by atoms with Gasteiger partial charge >= 0.3 is 5.97 Å². The van der Waals surface area contributed by atoms with E-state index >= 15 is 0 Å². The van der Waals surface area contributed by atoms with E-state index < -0.39 is 5.97 Å². The van der Waals surface area contributed by atoms with Crippen molar-refractivity contribution in [1.29, 1.82) is 0 Å². The van der Waals surface area contributed by atoms with Gasteiger partial charge in [-0.15, -0.1) is 0 Å². The van der Waals surface area contributed by atoms with Gasteiger partial charge in [0.1, 0.15) is 0 Å². The van der Waals surface area contributed by atoms with Gasteiger partial charge in [0.25, 0.3) is 0 Å². The van der Waals surface area contributed by atoms with Gasteiger partial charge in [0, 0.05) is 19.9 Å². The van der Waals surface area contributed by atoms with Crippen molar-refractivity contribution in [3.63, 3.8) is 0 Å². The third kappa shape index (κ3) is 2.31. The maximum atomic E-state index is 10.8. The number of nitrogens with zero attached hydrogens (tertiary/aromatic N) is 2. The van der Waals surface area contributed by atoms with Crippen LogP contribution in [0.2, 0.25) is 0 Å². The lowest BCUT2D eigenvalue weighted by Crippen LogP contribution is -2.33. The molecule has 6 nitrogen and oxygen atoms in total. The van der Waals surface area contributed by atoms with Crippen molar-refractivity contribution in [3.05, 3.63) is 17.8 Å². The van der Waals surface area contributed by atoms with E-state index in [-0.39, 0.29) is 11.6 Å². The summed E-state index contributed by atoms with van der Waals surface area (Å²) in [5, 5.41) is 8.82. The van der Waals surface area contributed by atoms with Crippen LogP contribution in [-0.4, -0.2) is 42.4 Å². The number of carboxylic acid groups (broad SMARTS) is 1. The summed E-state index contributed by atoms with van der Waals surface area (Å²) >= 11 is 0. The van der Waals surface area contributed by atoms with Gasteiger partial charge in [0.15, 0.2) is 5.82 Å². The van der Waals surface area contributed by atoms with Crippen LogP contribution in [0.15, 0.2) is 12.3 Å². The van der Waals surface area contributed by atoms with Crippen molar-refractivity contribution >= 4 is 17.5 Å². The molecule has 0 amide bonds. The molecule has 0 saturated carbocycles. The largest absolute Gasteiger partial charge is 0.478 e. The van der Waals surface area contributed by atoms with Gasteiger partial charge in [-0.25, -0.2) is 9.78 Å². The van der Waals surface area contributed by atoms with Crippen molar-refractivity contribution in [2.45, 2.75) is 12.5 Å².